The topological polar surface area (TPSA) is 158 Å². The fourth-order valence-corrected chi connectivity index (χ4v) is 5.57. The van der Waals surface area contributed by atoms with E-state index in [1.807, 2.05) is 4.98 Å². The summed E-state index contributed by atoms with van der Waals surface area (Å²) in [7, 11) is -2.97. The second-order valence-electron chi connectivity index (χ2n) is 10.1. The van der Waals surface area contributed by atoms with Gasteiger partial charge in [0.15, 0.2) is 18.0 Å². The second kappa shape index (κ2) is 12.3. The predicted molar refractivity (Wildman–Crippen MR) is 151 cm³/mol. The first-order valence-electron chi connectivity index (χ1n) is 12.7. The molecule has 1 fully saturated rings. The predicted octanol–water partition coefficient (Wildman–Crippen LogP) is 3.51. The molecule has 0 radical (unpaired) electrons. The van der Waals surface area contributed by atoms with Crippen molar-refractivity contribution in [2.75, 3.05) is 6.61 Å². The Labute approximate surface area is 247 Å². The lowest BCUT2D eigenvalue weighted by Gasteiger charge is -2.25. The molecule has 6 atom stereocenters. The van der Waals surface area contributed by atoms with Gasteiger partial charge in [-0.15, -0.1) is 0 Å². The lowest BCUT2D eigenvalue weighted by atomic mass is 9.97. The van der Waals surface area contributed by atoms with Gasteiger partial charge in [0.1, 0.15) is 24.1 Å². The third kappa shape index (κ3) is 6.45. The lowest BCUT2D eigenvalue weighted by Crippen LogP contribution is -2.48. The van der Waals surface area contributed by atoms with Crippen molar-refractivity contribution in [2.45, 2.75) is 63.7 Å². The van der Waals surface area contributed by atoms with E-state index in [4.69, 9.17) is 18.7 Å². The third-order valence-corrected chi connectivity index (χ3v) is 8.06. The highest BCUT2D eigenvalue weighted by Crippen LogP contribution is 2.47. The van der Waals surface area contributed by atoms with Gasteiger partial charge in [-0.1, -0.05) is 24.3 Å². The largest absolute Gasteiger partial charge is 0.487 e. The number of ether oxygens (including phenoxy) is 3. The SMILES string of the molecule is CC(C)OC(=O)[C@H](C)N[PH](=O)Oc1cccc2c(OC[C@@]3(F)O[C@@H](n4cc(Br)c(=O)[nH]c4=O)[C@](C)(F)[C@@H]3O)cccc12. The van der Waals surface area contributed by atoms with Gasteiger partial charge in [0.2, 0.25) is 0 Å². The van der Waals surface area contributed by atoms with Crippen LogP contribution in [-0.4, -0.2) is 57.0 Å². The van der Waals surface area contributed by atoms with Crippen LogP contribution in [0.15, 0.2) is 56.7 Å². The first-order valence-corrected chi connectivity index (χ1v) is 14.8. The zero-order valence-corrected chi connectivity index (χ0v) is 25.4. The van der Waals surface area contributed by atoms with Crippen molar-refractivity contribution >= 4 is 40.9 Å². The minimum Gasteiger partial charge on any atom is -0.487 e. The van der Waals surface area contributed by atoms with Crippen LogP contribution in [0.2, 0.25) is 0 Å². The van der Waals surface area contributed by atoms with Crippen molar-refractivity contribution in [3.63, 3.8) is 0 Å². The number of aliphatic hydroxyl groups excluding tert-OH is 1. The van der Waals surface area contributed by atoms with Crippen molar-refractivity contribution in [2.24, 2.45) is 0 Å². The minimum atomic E-state index is -3.11. The van der Waals surface area contributed by atoms with Crippen LogP contribution >= 0.6 is 24.1 Å². The average molecular weight is 676 g/mol. The summed E-state index contributed by atoms with van der Waals surface area (Å²) in [4.78, 5) is 37.9. The molecule has 228 valence electrons. The third-order valence-electron chi connectivity index (χ3n) is 6.42. The molecule has 0 spiro atoms. The van der Waals surface area contributed by atoms with Gasteiger partial charge in [-0.2, -0.15) is 0 Å². The van der Waals surface area contributed by atoms with E-state index in [0.717, 1.165) is 13.1 Å². The molecular weight excluding hydrogens is 647 g/mol. The summed E-state index contributed by atoms with van der Waals surface area (Å²) < 4.78 is 66.1. The first kappa shape index (κ1) is 31.8. The van der Waals surface area contributed by atoms with Crippen LogP contribution in [-0.2, 0) is 18.8 Å². The fourth-order valence-electron chi connectivity index (χ4n) is 4.34. The van der Waals surface area contributed by atoms with Crippen LogP contribution in [0.5, 0.6) is 11.5 Å². The van der Waals surface area contributed by atoms with E-state index in [0.29, 0.717) is 15.3 Å². The number of aromatic amines is 1. The van der Waals surface area contributed by atoms with E-state index >= 15 is 8.78 Å². The maximum absolute atomic E-state index is 15.9. The first-order chi connectivity index (χ1) is 19.6. The Hall–Kier alpha value is -3.10. The molecular formula is C26H29BrF2N3O9P. The summed E-state index contributed by atoms with van der Waals surface area (Å²) in [5.41, 5.74) is -4.66. The quantitative estimate of drug-likeness (QED) is 0.215. The number of hydrogen-bond donors (Lipinski definition) is 3. The molecule has 1 aliphatic heterocycles. The van der Waals surface area contributed by atoms with Gasteiger partial charge in [-0.3, -0.25) is 23.7 Å². The highest BCUT2D eigenvalue weighted by molar-refractivity contribution is 9.10. The van der Waals surface area contributed by atoms with Crippen molar-refractivity contribution in [3.8, 4) is 11.5 Å². The number of esters is 1. The Kier molecular flexibility index (Phi) is 9.28. The van der Waals surface area contributed by atoms with E-state index in [9.17, 15) is 24.1 Å². The van der Waals surface area contributed by atoms with E-state index in [1.165, 1.54) is 19.1 Å². The number of aromatic nitrogens is 2. The van der Waals surface area contributed by atoms with Crippen molar-refractivity contribution in [1.82, 2.24) is 14.6 Å². The number of alkyl halides is 2. The smallest absolute Gasteiger partial charge is 0.330 e. The van der Waals surface area contributed by atoms with Crippen LogP contribution in [0.4, 0.5) is 8.78 Å². The van der Waals surface area contributed by atoms with Gasteiger partial charge >= 0.3 is 19.8 Å². The van der Waals surface area contributed by atoms with Crippen LogP contribution in [0.3, 0.4) is 0 Å². The number of carbonyl (C=O) groups excluding carboxylic acids is 1. The van der Waals surface area contributed by atoms with Crippen LogP contribution in [0.1, 0.15) is 33.9 Å². The number of H-pyrrole nitrogens is 1. The summed E-state index contributed by atoms with van der Waals surface area (Å²) in [6.45, 7) is 4.73. The molecule has 2 heterocycles. The second-order valence-corrected chi connectivity index (χ2v) is 12.0. The Balaban J connectivity index is 1.53. The molecule has 0 bridgehead atoms. The number of fused-ring (bicyclic) bond motifs is 1. The minimum absolute atomic E-state index is 0.0975. The van der Waals surface area contributed by atoms with Gasteiger partial charge in [-0.05, 0) is 55.8 Å². The molecule has 4 rings (SSSR count). The van der Waals surface area contributed by atoms with E-state index < -0.39 is 61.9 Å². The number of halogens is 3. The Morgan fingerprint density at radius 1 is 1.19 bits per heavy atom. The Bertz CT molecular complexity index is 1630. The molecule has 3 aromatic rings. The molecule has 0 amide bonds. The van der Waals surface area contributed by atoms with Crippen molar-refractivity contribution in [1.29, 1.82) is 0 Å². The van der Waals surface area contributed by atoms with E-state index in [-0.39, 0.29) is 22.1 Å². The molecule has 2 aromatic carbocycles. The summed E-state index contributed by atoms with van der Waals surface area (Å²) in [6, 6.07) is 8.48. The number of aliphatic hydroxyl groups is 1. The maximum Gasteiger partial charge on any atom is 0.330 e. The summed E-state index contributed by atoms with van der Waals surface area (Å²) in [5, 5.41) is 14.0. The van der Waals surface area contributed by atoms with Crippen LogP contribution in [0.25, 0.3) is 10.8 Å². The highest BCUT2D eigenvalue weighted by atomic mass is 79.9. The number of rotatable bonds is 10. The van der Waals surface area contributed by atoms with Crippen molar-refractivity contribution < 1.29 is 42.0 Å². The van der Waals surface area contributed by atoms with E-state index in [2.05, 4.69) is 21.0 Å². The fraction of sp³-hybridized carbons (Fsp3) is 0.423. The number of nitrogens with one attached hydrogen (secondary N) is 2. The number of nitrogens with zero attached hydrogens (tertiary/aromatic N) is 1. The summed E-state index contributed by atoms with van der Waals surface area (Å²) >= 11 is 2.92. The van der Waals surface area contributed by atoms with Gasteiger partial charge in [0, 0.05) is 17.0 Å². The molecule has 1 unspecified atom stereocenters. The molecule has 1 saturated heterocycles. The molecule has 3 N–H and O–H groups in total. The standard InChI is InChI=1S/C26H29BrF2N3O9P/c1-13(2)39-21(34)14(3)31-42(37)41-19-10-6-7-15-16(19)8-5-9-18(15)38-12-26(29)22(35)25(4,28)23(40-26)32-11-17(27)20(33)30-24(32)36/h5-11,13-14,22-23,35,42H,12H2,1-4H3,(H,31,37)(H,30,33,36)/t14-,22-,23+,25+,26+/m0/s1. The van der Waals surface area contributed by atoms with Gasteiger partial charge < -0.3 is 23.8 Å². The van der Waals surface area contributed by atoms with Crippen LogP contribution < -0.4 is 25.6 Å². The summed E-state index contributed by atoms with van der Waals surface area (Å²) in [6.07, 6.45) is -3.75. The molecule has 16 heteroatoms. The molecule has 42 heavy (non-hydrogen) atoms. The number of hydrogen-bond acceptors (Lipinski definition) is 9. The molecule has 0 aliphatic carbocycles. The van der Waals surface area contributed by atoms with Gasteiger partial charge in [-0.25, -0.2) is 18.7 Å². The zero-order chi connectivity index (χ0) is 31.0. The Morgan fingerprint density at radius 2 is 1.81 bits per heavy atom. The molecule has 1 aromatic heterocycles. The zero-order valence-electron chi connectivity index (χ0n) is 22.9. The number of benzene rings is 2. The highest BCUT2D eigenvalue weighted by Gasteiger charge is 2.65. The molecule has 0 saturated carbocycles. The molecule has 1 aliphatic rings. The van der Waals surface area contributed by atoms with Crippen LogP contribution in [0, 0.1) is 0 Å². The van der Waals surface area contributed by atoms with E-state index in [1.54, 1.807) is 38.1 Å². The van der Waals surface area contributed by atoms with Gasteiger partial charge in [0.25, 0.3) is 11.4 Å². The molecule has 12 nitrogen and oxygen atoms in total. The normalized spacial score (nSPS) is 25.4. The Morgan fingerprint density at radius 3 is 2.45 bits per heavy atom. The van der Waals surface area contributed by atoms with Crippen molar-refractivity contribution in [3.05, 3.63) is 67.9 Å². The lowest BCUT2D eigenvalue weighted by molar-refractivity contribution is -0.203. The van der Waals surface area contributed by atoms with Gasteiger partial charge in [0.05, 0.1) is 10.6 Å². The average Bonchev–Trinajstić information content (AvgIpc) is 3.09. The maximum atomic E-state index is 15.9. The number of carbonyl (C=O) groups is 1. The summed E-state index contributed by atoms with van der Waals surface area (Å²) in [5.74, 6) is -3.44. The monoisotopic (exact) mass is 675 g/mol.